The van der Waals surface area contributed by atoms with Crippen molar-refractivity contribution in [3.05, 3.63) is 69.8 Å². The van der Waals surface area contributed by atoms with E-state index in [9.17, 15) is 4.79 Å². The van der Waals surface area contributed by atoms with Crippen molar-refractivity contribution in [2.45, 2.75) is 13.3 Å². The van der Waals surface area contributed by atoms with Crippen molar-refractivity contribution in [1.82, 2.24) is 0 Å². The quantitative estimate of drug-likeness (QED) is 0.446. The van der Waals surface area contributed by atoms with Crippen LogP contribution in [0.15, 0.2) is 48.0 Å². The molecule has 2 aromatic carbocycles. The first-order valence-corrected chi connectivity index (χ1v) is 6.77. The zero-order chi connectivity index (χ0) is 14.1. The summed E-state index contributed by atoms with van der Waals surface area (Å²) in [4.78, 5) is 12.0. The van der Waals surface area contributed by atoms with Gasteiger partial charge in [0.15, 0.2) is 0 Å². The van der Waals surface area contributed by atoms with E-state index in [-0.39, 0.29) is 5.97 Å². The van der Waals surface area contributed by atoms with Crippen LogP contribution in [0.2, 0.25) is 5.02 Å². The SMILES string of the molecule is Cc1ccc(/C=C2\Cc3cc(Cl)ccc3OC2=O)cc1. The van der Waals surface area contributed by atoms with Crippen LogP contribution in [0.25, 0.3) is 6.08 Å². The van der Waals surface area contributed by atoms with Gasteiger partial charge < -0.3 is 4.74 Å². The summed E-state index contributed by atoms with van der Waals surface area (Å²) in [5, 5.41) is 0.649. The van der Waals surface area contributed by atoms with Gasteiger partial charge in [0.25, 0.3) is 0 Å². The van der Waals surface area contributed by atoms with E-state index in [2.05, 4.69) is 0 Å². The van der Waals surface area contributed by atoms with E-state index in [0.29, 0.717) is 22.8 Å². The van der Waals surface area contributed by atoms with Crippen LogP contribution in [0.4, 0.5) is 0 Å². The van der Waals surface area contributed by atoms with Crippen molar-refractivity contribution < 1.29 is 9.53 Å². The molecule has 1 aliphatic heterocycles. The molecule has 3 rings (SSSR count). The monoisotopic (exact) mass is 284 g/mol. The van der Waals surface area contributed by atoms with Gasteiger partial charge >= 0.3 is 5.97 Å². The second kappa shape index (κ2) is 5.14. The van der Waals surface area contributed by atoms with E-state index in [0.717, 1.165) is 11.1 Å². The van der Waals surface area contributed by atoms with Gasteiger partial charge in [0.1, 0.15) is 5.75 Å². The number of carbonyl (C=O) groups excluding carboxylic acids is 1. The van der Waals surface area contributed by atoms with E-state index >= 15 is 0 Å². The van der Waals surface area contributed by atoms with Gasteiger partial charge in [0.2, 0.25) is 0 Å². The summed E-state index contributed by atoms with van der Waals surface area (Å²) in [7, 11) is 0. The van der Waals surface area contributed by atoms with Crippen molar-refractivity contribution >= 4 is 23.6 Å². The maximum absolute atomic E-state index is 12.0. The van der Waals surface area contributed by atoms with Crippen LogP contribution in [-0.2, 0) is 11.2 Å². The number of rotatable bonds is 1. The molecule has 0 aromatic heterocycles. The first kappa shape index (κ1) is 12.9. The Morgan fingerprint density at radius 2 is 1.90 bits per heavy atom. The third-order valence-corrected chi connectivity index (χ3v) is 3.52. The van der Waals surface area contributed by atoms with Crippen LogP contribution in [0.1, 0.15) is 16.7 Å². The first-order valence-electron chi connectivity index (χ1n) is 6.40. The molecule has 2 nitrogen and oxygen atoms in total. The van der Waals surface area contributed by atoms with E-state index in [1.165, 1.54) is 5.56 Å². The molecule has 0 saturated carbocycles. The highest BCUT2D eigenvalue weighted by Gasteiger charge is 2.22. The Morgan fingerprint density at radius 3 is 2.65 bits per heavy atom. The maximum atomic E-state index is 12.0. The lowest BCUT2D eigenvalue weighted by Crippen LogP contribution is -2.19. The van der Waals surface area contributed by atoms with Crippen molar-refractivity contribution in [3.8, 4) is 5.75 Å². The predicted octanol–water partition coefficient (Wildman–Crippen LogP) is 4.19. The average molecular weight is 285 g/mol. The zero-order valence-corrected chi connectivity index (χ0v) is 11.8. The molecule has 2 aromatic rings. The lowest BCUT2D eigenvalue weighted by molar-refractivity contribution is -0.130. The lowest BCUT2D eigenvalue weighted by atomic mass is 9.99. The van der Waals surface area contributed by atoms with Gasteiger partial charge in [-0.3, -0.25) is 0 Å². The molecule has 0 saturated heterocycles. The molecule has 0 N–H and O–H groups in total. The van der Waals surface area contributed by atoms with Gasteiger partial charge in [-0.2, -0.15) is 0 Å². The number of halogens is 1. The smallest absolute Gasteiger partial charge is 0.339 e. The van der Waals surface area contributed by atoms with E-state index in [4.69, 9.17) is 16.3 Å². The molecule has 0 bridgehead atoms. The number of benzene rings is 2. The molecule has 20 heavy (non-hydrogen) atoms. The number of carbonyl (C=O) groups is 1. The van der Waals surface area contributed by atoms with Crippen LogP contribution in [0.3, 0.4) is 0 Å². The average Bonchev–Trinajstić information content (AvgIpc) is 2.42. The van der Waals surface area contributed by atoms with Gasteiger partial charge in [-0.25, -0.2) is 4.79 Å². The fraction of sp³-hybridized carbons (Fsp3) is 0.118. The van der Waals surface area contributed by atoms with Gasteiger partial charge in [-0.15, -0.1) is 0 Å². The number of hydrogen-bond donors (Lipinski definition) is 0. The minimum absolute atomic E-state index is 0.291. The highest BCUT2D eigenvalue weighted by Crippen LogP contribution is 2.30. The van der Waals surface area contributed by atoms with E-state index < -0.39 is 0 Å². The second-order valence-electron chi connectivity index (χ2n) is 4.90. The maximum Gasteiger partial charge on any atom is 0.339 e. The van der Waals surface area contributed by atoms with Gasteiger partial charge in [0.05, 0.1) is 0 Å². The Labute approximate surface area is 122 Å². The molecular weight excluding hydrogens is 272 g/mol. The molecule has 0 amide bonds. The highest BCUT2D eigenvalue weighted by atomic mass is 35.5. The summed E-state index contributed by atoms with van der Waals surface area (Å²) in [5.41, 5.74) is 3.77. The number of ether oxygens (including phenoxy) is 1. The Bertz CT molecular complexity index is 699. The second-order valence-corrected chi connectivity index (χ2v) is 5.34. The van der Waals surface area contributed by atoms with Crippen LogP contribution in [-0.4, -0.2) is 5.97 Å². The predicted molar refractivity (Wildman–Crippen MR) is 79.9 cm³/mol. The summed E-state index contributed by atoms with van der Waals surface area (Å²) in [6.07, 6.45) is 2.41. The summed E-state index contributed by atoms with van der Waals surface area (Å²) in [5.74, 6) is 0.306. The number of fused-ring (bicyclic) bond motifs is 1. The molecule has 0 radical (unpaired) electrons. The van der Waals surface area contributed by atoms with Crippen molar-refractivity contribution in [2.24, 2.45) is 0 Å². The molecule has 1 heterocycles. The van der Waals surface area contributed by atoms with Crippen LogP contribution in [0, 0.1) is 6.92 Å². The highest BCUT2D eigenvalue weighted by molar-refractivity contribution is 6.30. The van der Waals surface area contributed by atoms with Crippen molar-refractivity contribution in [1.29, 1.82) is 0 Å². The number of aryl methyl sites for hydroxylation is 1. The summed E-state index contributed by atoms with van der Waals surface area (Å²) in [6.45, 7) is 2.03. The fourth-order valence-electron chi connectivity index (χ4n) is 2.20. The summed E-state index contributed by atoms with van der Waals surface area (Å²) >= 11 is 5.98. The topological polar surface area (TPSA) is 26.3 Å². The van der Waals surface area contributed by atoms with Crippen molar-refractivity contribution in [2.75, 3.05) is 0 Å². The van der Waals surface area contributed by atoms with Crippen LogP contribution >= 0.6 is 11.6 Å². The van der Waals surface area contributed by atoms with Crippen LogP contribution in [0.5, 0.6) is 5.75 Å². The standard InChI is InChI=1S/C17H13ClO2/c1-11-2-4-12(5-3-11)8-14-9-13-10-15(18)6-7-16(13)20-17(14)19/h2-8,10H,9H2,1H3/b14-8+. The minimum Gasteiger partial charge on any atom is -0.423 e. The lowest BCUT2D eigenvalue weighted by Gasteiger charge is -2.18. The Kier molecular flexibility index (Phi) is 3.33. The number of esters is 1. The van der Waals surface area contributed by atoms with Gasteiger partial charge in [-0.05, 0) is 36.8 Å². The Hall–Kier alpha value is -2.06. The van der Waals surface area contributed by atoms with Gasteiger partial charge in [0, 0.05) is 22.6 Å². The Morgan fingerprint density at radius 1 is 1.15 bits per heavy atom. The number of hydrogen-bond acceptors (Lipinski definition) is 2. The van der Waals surface area contributed by atoms with Crippen LogP contribution < -0.4 is 4.74 Å². The van der Waals surface area contributed by atoms with Crippen molar-refractivity contribution in [3.63, 3.8) is 0 Å². The molecule has 1 aliphatic rings. The van der Waals surface area contributed by atoms with Gasteiger partial charge in [-0.1, -0.05) is 41.4 Å². The van der Waals surface area contributed by atoms with E-state index in [1.807, 2.05) is 43.3 Å². The molecule has 0 spiro atoms. The molecule has 100 valence electrons. The largest absolute Gasteiger partial charge is 0.423 e. The third-order valence-electron chi connectivity index (χ3n) is 3.29. The normalized spacial score (nSPS) is 15.9. The molecule has 0 atom stereocenters. The third kappa shape index (κ3) is 2.61. The van der Waals surface area contributed by atoms with E-state index in [1.54, 1.807) is 12.1 Å². The molecular formula is C17H13ClO2. The summed E-state index contributed by atoms with van der Waals surface area (Å²) < 4.78 is 5.33. The zero-order valence-electron chi connectivity index (χ0n) is 11.0. The summed E-state index contributed by atoms with van der Waals surface area (Å²) in [6, 6.07) is 13.3. The molecule has 0 aliphatic carbocycles. The molecule has 0 fully saturated rings. The fourth-order valence-corrected chi connectivity index (χ4v) is 2.40. The Balaban J connectivity index is 1.95. The first-order chi connectivity index (χ1) is 9.61. The molecule has 3 heteroatoms. The minimum atomic E-state index is -0.291. The molecule has 0 unspecified atom stereocenters.